The lowest BCUT2D eigenvalue weighted by molar-refractivity contribution is 0.171. The van der Waals surface area contributed by atoms with Crippen molar-refractivity contribution in [3.63, 3.8) is 0 Å². The minimum atomic E-state index is -0.733. The summed E-state index contributed by atoms with van der Waals surface area (Å²) in [6, 6.07) is 6.72. The fraction of sp³-hybridized carbons (Fsp3) is 0.562. The van der Waals surface area contributed by atoms with E-state index in [4.69, 9.17) is 11.6 Å². The van der Waals surface area contributed by atoms with E-state index >= 15 is 0 Å². The van der Waals surface area contributed by atoms with E-state index < -0.39 is 6.10 Å². The lowest BCUT2D eigenvalue weighted by atomic mass is 9.99. The molecule has 2 amide bonds. The zero-order chi connectivity index (χ0) is 15.9. The van der Waals surface area contributed by atoms with Crippen LogP contribution in [0.1, 0.15) is 24.5 Å². The Morgan fingerprint density at radius 3 is 2.82 bits per heavy atom. The number of nitrogens with zero attached hydrogens (tertiary/aromatic N) is 1. The fourth-order valence-corrected chi connectivity index (χ4v) is 2.86. The Morgan fingerprint density at radius 1 is 1.41 bits per heavy atom. The van der Waals surface area contributed by atoms with Crippen LogP contribution in [0.2, 0.25) is 5.02 Å². The van der Waals surface area contributed by atoms with Crippen LogP contribution in [0.25, 0.3) is 0 Å². The van der Waals surface area contributed by atoms with Crippen LogP contribution in [0, 0.1) is 5.92 Å². The molecule has 0 spiro atoms. The molecule has 6 heteroatoms. The minimum absolute atomic E-state index is 0.179. The molecule has 1 saturated heterocycles. The highest BCUT2D eigenvalue weighted by Gasteiger charge is 2.17. The molecule has 0 radical (unpaired) electrons. The molecule has 0 bridgehead atoms. The molecule has 2 rings (SSSR count). The van der Waals surface area contributed by atoms with Crippen LogP contribution < -0.4 is 10.6 Å². The molecule has 1 aliphatic rings. The van der Waals surface area contributed by atoms with Gasteiger partial charge < -0.3 is 20.6 Å². The second kappa shape index (κ2) is 8.36. The molecule has 0 aromatic heterocycles. The van der Waals surface area contributed by atoms with Crippen LogP contribution in [0.3, 0.4) is 0 Å². The number of nitrogens with one attached hydrogen (secondary N) is 2. The summed E-state index contributed by atoms with van der Waals surface area (Å²) in [5, 5.41) is 16.2. The van der Waals surface area contributed by atoms with Gasteiger partial charge in [-0.25, -0.2) is 4.79 Å². The SMILES string of the molecule is CN1CCCC(CNC(=O)NCC(O)c2ccc(Cl)cc2)C1. The second-order valence-electron chi connectivity index (χ2n) is 5.93. The lowest BCUT2D eigenvalue weighted by Crippen LogP contribution is -2.43. The molecule has 1 fully saturated rings. The third-order valence-corrected chi connectivity index (χ3v) is 4.24. The topological polar surface area (TPSA) is 64.6 Å². The Hall–Kier alpha value is -1.30. The Labute approximate surface area is 136 Å². The summed E-state index contributed by atoms with van der Waals surface area (Å²) in [4.78, 5) is 14.1. The number of likely N-dealkylation sites (tertiary alicyclic amines) is 1. The van der Waals surface area contributed by atoms with E-state index in [9.17, 15) is 9.90 Å². The number of hydrogen-bond donors (Lipinski definition) is 3. The Kier molecular flexibility index (Phi) is 6.49. The van der Waals surface area contributed by atoms with Crippen LogP contribution in [0.4, 0.5) is 4.79 Å². The smallest absolute Gasteiger partial charge is 0.314 e. The van der Waals surface area contributed by atoms with Gasteiger partial charge in [-0.05, 0) is 50.0 Å². The zero-order valence-corrected chi connectivity index (χ0v) is 13.6. The third-order valence-electron chi connectivity index (χ3n) is 3.98. The van der Waals surface area contributed by atoms with Crippen LogP contribution in [0.5, 0.6) is 0 Å². The number of urea groups is 1. The first-order valence-electron chi connectivity index (χ1n) is 7.68. The van der Waals surface area contributed by atoms with E-state index in [1.54, 1.807) is 24.3 Å². The second-order valence-corrected chi connectivity index (χ2v) is 6.37. The highest BCUT2D eigenvalue weighted by molar-refractivity contribution is 6.30. The van der Waals surface area contributed by atoms with E-state index in [0.29, 0.717) is 17.5 Å². The molecule has 2 unspecified atom stereocenters. The third kappa shape index (κ3) is 5.48. The Balaban J connectivity index is 1.67. The van der Waals surface area contributed by atoms with Gasteiger partial charge in [0.15, 0.2) is 0 Å². The fourth-order valence-electron chi connectivity index (χ4n) is 2.73. The first kappa shape index (κ1) is 17.1. The molecule has 3 N–H and O–H groups in total. The zero-order valence-electron chi connectivity index (χ0n) is 12.9. The lowest BCUT2D eigenvalue weighted by Gasteiger charge is -2.29. The minimum Gasteiger partial charge on any atom is -0.387 e. The largest absolute Gasteiger partial charge is 0.387 e. The van der Waals surface area contributed by atoms with Gasteiger partial charge in [0, 0.05) is 24.7 Å². The first-order valence-corrected chi connectivity index (χ1v) is 8.06. The summed E-state index contributed by atoms with van der Waals surface area (Å²) in [7, 11) is 2.11. The van der Waals surface area contributed by atoms with Crippen molar-refractivity contribution in [3.8, 4) is 0 Å². The summed E-state index contributed by atoms with van der Waals surface area (Å²) in [6.07, 6.45) is 1.60. The number of rotatable bonds is 5. The van der Waals surface area contributed by atoms with Gasteiger partial charge in [0.25, 0.3) is 0 Å². The van der Waals surface area contributed by atoms with Crippen LogP contribution >= 0.6 is 11.6 Å². The predicted octanol–water partition coefficient (Wildman–Crippen LogP) is 2.01. The van der Waals surface area contributed by atoms with Crippen molar-refractivity contribution in [2.24, 2.45) is 5.92 Å². The van der Waals surface area contributed by atoms with Gasteiger partial charge in [0.1, 0.15) is 0 Å². The normalized spacial score (nSPS) is 20.4. The quantitative estimate of drug-likeness (QED) is 0.776. The summed E-state index contributed by atoms with van der Waals surface area (Å²) in [5.74, 6) is 0.505. The van der Waals surface area contributed by atoms with Gasteiger partial charge in [-0.15, -0.1) is 0 Å². The molecular formula is C16H24ClN3O2. The summed E-state index contributed by atoms with van der Waals surface area (Å²) < 4.78 is 0. The van der Waals surface area contributed by atoms with Crippen molar-refractivity contribution in [3.05, 3.63) is 34.9 Å². The highest BCUT2D eigenvalue weighted by Crippen LogP contribution is 2.16. The van der Waals surface area contributed by atoms with E-state index in [1.807, 2.05) is 0 Å². The standard InChI is InChI=1S/C16H24ClN3O2/c1-20-8-2-3-12(11-20)9-18-16(22)19-10-15(21)13-4-6-14(17)7-5-13/h4-7,12,15,21H,2-3,8-11H2,1H3,(H2,18,19,22). The number of carbonyl (C=O) groups excluding carboxylic acids is 1. The summed E-state index contributed by atoms with van der Waals surface area (Å²) in [5.41, 5.74) is 0.735. The number of benzene rings is 1. The van der Waals surface area contributed by atoms with Crippen molar-refractivity contribution < 1.29 is 9.90 Å². The van der Waals surface area contributed by atoms with Crippen molar-refractivity contribution in [2.75, 3.05) is 33.2 Å². The number of piperidine rings is 1. The predicted molar refractivity (Wildman–Crippen MR) is 88.0 cm³/mol. The van der Waals surface area contributed by atoms with E-state index in [0.717, 1.165) is 25.1 Å². The first-order chi connectivity index (χ1) is 10.5. The van der Waals surface area contributed by atoms with Gasteiger partial charge >= 0.3 is 6.03 Å². The molecule has 1 aromatic carbocycles. The van der Waals surface area contributed by atoms with Crippen LogP contribution in [-0.4, -0.2) is 49.3 Å². The number of halogens is 1. The van der Waals surface area contributed by atoms with Gasteiger partial charge in [-0.1, -0.05) is 23.7 Å². The van der Waals surface area contributed by atoms with Gasteiger partial charge in [0.05, 0.1) is 6.10 Å². The van der Waals surface area contributed by atoms with E-state index in [1.165, 1.54) is 6.42 Å². The Bertz CT molecular complexity index is 481. The molecule has 1 aliphatic heterocycles. The molecule has 5 nitrogen and oxygen atoms in total. The van der Waals surface area contributed by atoms with Crippen LogP contribution in [-0.2, 0) is 0 Å². The molecule has 1 aromatic rings. The molecule has 1 heterocycles. The summed E-state index contributed by atoms with van der Waals surface area (Å²) in [6.45, 7) is 3.01. The number of aliphatic hydroxyl groups excluding tert-OH is 1. The molecule has 122 valence electrons. The van der Waals surface area contributed by atoms with E-state index in [-0.39, 0.29) is 12.6 Å². The van der Waals surface area contributed by atoms with Crippen molar-refractivity contribution in [1.82, 2.24) is 15.5 Å². The number of aliphatic hydroxyl groups is 1. The van der Waals surface area contributed by atoms with Crippen molar-refractivity contribution in [2.45, 2.75) is 18.9 Å². The van der Waals surface area contributed by atoms with Gasteiger partial charge in [0.2, 0.25) is 0 Å². The summed E-state index contributed by atoms with van der Waals surface area (Å²) >= 11 is 5.80. The number of carbonyl (C=O) groups is 1. The average Bonchev–Trinajstić information content (AvgIpc) is 2.51. The molecular weight excluding hydrogens is 302 g/mol. The average molecular weight is 326 g/mol. The number of hydrogen-bond acceptors (Lipinski definition) is 3. The maximum Gasteiger partial charge on any atom is 0.314 e. The maximum atomic E-state index is 11.8. The van der Waals surface area contributed by atoms with Crippen molar-refractivity contribution >= 4 is 17.6 Å². The van der Waals surface area contributed by atoms with Crippen molar-refractivity contribution in [1.29, 1.82) is 0 Å². The highest BCUT2D eigenvalue weighted by atomic mass is 35.5. The van der Waals surface area contributed by atoms with E-state index in [2.05, 4.69) is 22.6 Å². The monoisotopic (exact) mass is 325 g/mol. The molecule has 2 atom stereocenters. The van der Waals surface area contributed by atoms with Gasteiger partial charge in [-0.2, -0.15) is 0 Å². The molecule has 0 saturated carbocycles. The number of amides is 2. The van der Waals surface area contributed by atoms with Gasteiger partial charge in [-0.3, -0.25) is 0 Å². The maximum absolute atomic E-state index is 11.8. The Morgan fingerprint density at radius 2 is 2.14 bits per heavy atom. The van der Waals surface area contributed by atoms with Crippen LogP contribution in [0.15, 0.2) is 24.3 Å². The molecule has 0 aliphatic carbocycles. The molecule has 22 heavy (non-hydrogen) atoms.